The summed E-state index contributed by atoms with van der Waals surface area (Å²) < 4.78 is 12.3. The number of benzene rings is 2. The van der Waals surface area contributed by atoms with Crippen LogP contribution in [0.4, 0.5) is 0 Å². The lowest BCUT2D eigenvalue weighted by atomic mass is 9.79. The third-order valence-corrected chi connectivity index (χ3v) is 5.49. The first-order valence-corrected chi connectivity index (χ1v) is 10.1. The fourth-order valence-corrected chi connectivity index (χ4v) is 3.70. The van der Waals surface area contributed by atoms with Crippen molar-refractivity contribution < 1.29 is 14.6 Å². The van der Waals surface area contributed by atoms with Crippen molar-refractivity contribution in [2.45, 2.75) is 39.7 Å². The summed E-state index contributed by atoms with van der Waals surface area (Å²) in [5.74, 6) is 0.294. The molecule has 0 radical (unpaired) electrons. The Hall–Kier alpha value is -3.16. The van der Waals surface area contributed by atoms with Crippen molar-refractivity contribution in [2.24, 2.45) is 5.92 Å². The first-order valence-electron chi connectivity index (χ1n) is 10.1. The molecule has 0 saturated heterocycles. The second-order valence-electron chi connectivity index (χ2n) is 7.77. The number of H-pyrrole nitrogens is 1. The molecular weight excluding hydrogens is 396 g/mol. The van der Waals surface area contributed by atoms with Gasteiger partial charge in [0, 0.05) is 5.56 Å². The highest BCUT2D eigenvalue weighted by Crippen LogP contribution is 2.37. The number of nitrogens with zero attached hydrogens (tertiary/aromatic N) is 1. The Labute approximate surface area is 180 Å². The summed E-state index contributed by atoms with van der Waals surface area (Å²) in [5.41, 5.74) is -0.789. The van der Waals surface area contributed by atoms with Gasteiger partial charge in [0.2, 0.25) is 0 Å². The summed E-state index contributed by atoms with van der Waals surface area (Å²) in [6.45, 7) is 5.44. The molecular formula is C24H28N2O5. The second kappa shape index (κ2) is 9.32. The zero-order valence-corrected chi connectivity index (χ0v) is 18.2. The molecule has 3 aromatic rings. The Balaban J connectivity index is 2.09. The lowest BCUT2D eigenvalue weighted by Crippen LogP contribution is -2.45. The minimum absolute atomic E-state index is 0.119. The van der Waals surface area contributed by atoms with Crippen molar-refractivity contribution in [1.29, 1.82) is 0 Å². The van der Waals surface area contributed by atoms with Crippen LogP contribution in [0.2, 0.25) is 0 Å². The predicted octanol–water partition coefficient (Wildman–Crippen LogP) is 2.92. The van der Waals surface area contributed by atoms with Gasteiger partial charge in [-0.3, -0.25) is 14.3 Å². The van der Waals surface area contributed by atoms with Crippen LogP contribution in [0.1, 0.15) is 36.2 Å². The average molecular weight is 424 g/mol. The van der Waals surface area contributed by atoms with Gasteiger partial charge in [-0.2, -0.15) is 0 Å². The lowest BCUT2D eigenvalue weighted by Gasteiger charge is -2.36. The maximum absolute atomic E-state index is 12.8. The number of hydrogen-bond donors (Lipinski definition) is 2. The van der Waals surface area contributed by atoms with Crippen LogP contribution < -0.4 is 16.0 Å². The summed E-state index contributed by atoms with van der Waals surface area (Å²) in [6, 6.07) is 16.5. The molecule has 31 heavy (non-hydrogen) atoms. The molecule has 164 valence electrons. The van der Waals surface area contributed by atoms with Crippen LogP contribution in [0.25, 0.3) is 0 Å². The molecule has 0 amide bonds. The summed E-state index contributed by atoms with van der Waals surface area (Å²) in [6.07, 6.45) is 0. The maximum atomic E-state index is 12.8. The van der Waals surface area contributed by atoms with E-state index in [1.165, 1.54) is 4.57 Å². The van der Waals surface area contributed by atoms with Gasteiger partial charge in [-0.15, -0.1) is 0 Å². The Kier molecular flexibility index (Phi) is 6.77. The summed E-state index contributed by atoms with van der Waals surface area (Å²) in [5, 5.41) is 11.9. The van der Waals surface area contributed by atoms with Crippen LogP contribution in [-0.2, 0) is 23.7 Å². The normalized spacial score (nSPS) is 13.2. The number of methoxy groups -OCH3 is 1. The van der Waals surface area contributed by atoms with Gasteiger partial charge in [0.05, 0.1) is 19.4 Å². The first kappa shape index (κ1) is 22.5. The monoisotopic (exact) mass is 424 g/mol. The number of aromatic amines is 1. The van der Waals surface area contributed by atoms with Crippen molar-refractivity contribution >= 4 is 0 Å². The van der Waals surface area contributed by atoms with Gasteiger partial charge in [0.25, 0.3) is 5.56 Å². The van der Waals surface area contributed by atoms with Crippen LogP contribution in [0, 0.1) is 12.8 Å². The van der Waals surface area contributed by atoms with Crippen molar-refractivity contribution in [3.63, 3.8) is 0 Å². The van der Waals surface area contributed by atoms with E-state index in [-0.39, 0.29) is 30.5 Å². The minimum Gasteiger partial charge on any atom is -0.497 e. The van der Waals surface area contributed by atoms with Gasteiger partial charge in [0.15, 0.2) is 0 Å². The van der Waals surface area contributed by atoms with E-state index < -0.39 is 16.9 Å². The average Bonchev–Trinajstić information content (AvgIpc) is 2.77. The lowest BCUT2D eigenvalue weighted by molar-refractivity contribution is 0.00447. The molecule has 0 saturated carbocycles. The number of nitrogens with one attached hydrogen (secondary N) is 1. The van der Waals surface area contributed by atoms with Gasteiger partial charge in [0.1, 0.15) is 18.1 Å². The highest BCUT2D eigenvalue weighted by atomic mass is 16.5. The van der Waals surface area contributed by atoms with Crippen molar-refractivity contribution in [1.82, 2.24) is 9.55 Å². The highest BCUT2D eigenvalue weighted by Gasteiger charge is 2.40. The minimum atomic E-state index is -1.60. The van der Waals surface area contributed by atoms with Gasteiger partial charge in [-0.05, 0) is 36.1 Å². The fourth-order valence-electron chi connectivity index (χ4n) is 3.70. The number of ether oxygens (including phenoxy) is 2. The Morgan fingerprint density at radius 3 is 2.29 bits per heavy atom. The van der Waals surface area contributed by atoms with Crippen molar-refractivity contribution in [3.05, 3.63) is 97.8 Å². The Bertz CT molecular complexity index is 1130. The molecule has 1 heterocycles. The van der Waals surface area contributed by atoms with Crippen LogP contribution in [-0.4, -0.2) is 21.8 Å². The fraction of sp³-hybridized carbons (Fsp3) is 0.333. The molecule has 2 aromatic carbocycles. The number of aromatic nitrogens is 2. The molecule has 1 unspecified atom stereocenters. The largest absolute Gasteiger partial charge is 0.497 e. The van der Waals surface area contributed by atoms with E-state index in [2.05, 4.69) is 4.98 Å². The molecule has 0 aliphatic rings. The number of hydrogen-bond acceptors (Lipinski definition) is 5. The zero-order chi connectivity index (χ0) is 22.6. The van der Waals surface area contributed by atoms with Crippen LogP contribution in [0.15, 0.2) is 64.2 Å². The quantitative estimate of drug-likeness (QED) is 0.580. The van der Waals surface area contributed by atoms with Gasteiger partial charge >= 0.3 is 5.69 Å². The van der Waals surface area contributed by atoms with E-state index in [1.807, 2.05) is 44.2 Å². The molecule has 0 bridgehead atoms. The molecule has 1 aromatic heterocycles. The second-order valence-corrected chi connectivity index (χ2v) is 7.77. The highest BCUT2D eigenvalue weighted by molar-refractivity contribution is 5.39. The van der Waals surface area contributed by atoms with E-state index in [0.29, 0.717) is 11.3 Å². The SMILES string of the molecule is COc1ccc(C(O)(c2c(C)c(=O)[nH]c(=O)n2COCc2ccccc2)C(C)C)cc1. The van der Waals surface area contributed by atoms with Crippen LogP contribution in [0.5, 0.6) is 5.75 Å². The molecule has 2 N–H and O–H groups in total. The van der Waals surface area contributed by atoms with E-state index in [9.17, 15) is 14.7 Å². The molecule has 7 nitrogen and oxygen atoms in total. The Morgan fingerprint density at radius 2 is 1.71 bits per heavy atom. The van der Waals surface area contributed by atoms with Gasteiger partial charge in [-0.25, -0.2) is 4.79 Å². The summed E-state index contributed by atoms with van der Waals surface area (Å²) in [4.78, 5) is 27.5. The van der Waals surface area contributed by atoms with Gasteiger partial charge in [-0.1, -0.05) is 56.3 Å². The van der Waals surface area contributed by atoms with Crippen molar-refractivity contribution in [2.75, 3.05) is 7.11 Å². The number of rotatable bonds is 8. The van der Waals surface area contributed by atoms with Crippen LogP contribution >= 0.6 is 0 Å². The topological polar surface area (TPSA) is 93.5 Å². The van der Waals surface area contributed by atoms with E-state index in [0.717, 1.165) is 5.56 Å². The molecule has 0 fully saturated rings. The third kappa shape index (κ3) is 4.47. The van der Waals surface area contributed by atoms with E-state index in [1.54, 1.807) is 38.3 Å². The Morgan fingerprint density at radius 1 is 1.06 bits per heavy atom. The van der Waals surface area contributed by atoms with E-state index in [4.69, 9.17) is 9.47 Å². The molecule has 1 atom stereocenters. The predicted molar refractivity (Wildman–Crippen MR) is 118 cm³/mol. The molecule has 3 rings (SSSR count). The van der Waals surface area contributed by atoms with Gasteiger partial charge < -0.3 is 14.6 Å². The third-order valence-electron chi connectivity index (χ3n) is 5.49. The first-order chi connectivity index (χ1) is 14.8. The maximum Gasteiger partial charge on any atom is 0.330 e. The smallest absolute Gasteiger partial charge is 0.330 e. The standard InChI is InChI=1S/C24H28N2O5/c1-16(2)24(29,19-10-12-20(30-4)13-11-19)21-17(3)22(27)25-23(28)26(21)15-31-14-18-8-6-5-7-9-18/h5-13,16,29H,14-15H2,1-4H3,(H,25,27,28). The summed E-state index contributed by atoms with van der Waals surface area (Å²) >= 11 is 0. The molecule has 0 spiro atoms. The number of aliphatic hydroxyl groups is 1. The molecule has 7 heteroatoms. The molecule has 0 aliphatic carbocycles. The molecule has 0 aliphatic heterocycles. The summed E-state index contributed by atoms with van der Waals surface area (Å²) in [7, 11) is 1.56. The van der Waals surface area contributed by atoms with Crippen molar-refractivity contribution in [3.8, 4) is 5.75 Å². The van der Waals surface area contributed by atoms with Crippen LogP contribution in [0.3, 0.4) is 0 Å². The zero-order valence-electron chi connectivity index (χ0n) is 18.2. The van der Waals surface area contributed by atoms with E-state index >= 15 is 0 Å².